The summed E-state index contributed by atoms with van der Waals surface area (Å²) in [4.78, 5) is 0. The van der Waals surface area contributed by atoms with Crippen LogP contribution in [-0.4, -0.2) is 22.7 Å². The molecule has 1 aliphatic heterocycles. The van der Waals surface area contributed by atoms with Crippen molar-refractivity contribution in [2.75, 3.05) is 11.5 Å². The molecular formula is C19H20F2O2S. The van der Waals surface area contributed by atoms with E-state index in [1.807, 2.05) is 0 Å². The average molecular weight is 350 g/mol. The van der Waals surface area contributed by atoms with Crippen molar-refractivity contribution in [3.63, 3.8) is 0 Å². The Bertz CT molecular complexity index is 675. The second kappa shape index (κ2) is 7.21. The first-order chi connectivity index (χ1) is 11.5. The summed E-state index contributed by atoms with van der Waals surface area (Å²) in [5.41, 5.74) is 0.0688. The molecular weight excluding hydrogens is 330 g/mol. The van der Waals surface area contributed by atoms with Gasteiger partial charge in [-0.25, -0.2) is 8.78 Å². The van der Waals surface area contributed by atoms with Crippen molar-refractivity contribution in [1.82, 2.24) is 0 Å². The van der Waals surface area contributed by atoms with Crippen molar-refractivity contribution in [2.24, 2.45) is 0 Å². The van der Waals surface area contributed by atoms with Crippen LogP contribution in [0.5, 0.6) is 0 Å². The van der Waals surface area contributed by atoms with Gasteiger partial charge in [0, 0.05) is 12.2 Å². The first-order valence-electron chi connectivity index (χ1n) is 8.00. The van der Waals surface area contributed by atoms with Crippen molar-refractivity contribution >= 4 is 11.8 Å². The van der Waals surface area contributed by atoms with Crippen molar-refractivity contribution < 1.29 is 18.6 Å². The molecule has 0 aliphatic carbocycles. The van der Waals surface area contributed by atoms with Gasteiger partial charge in [-0.2, -0.15) is 11.8 Å². The van der Waals surface area contributed by atoms with E-state index in [0.717, 1.165) is 11.5 Å². The highest BCUT2D eigenvalue weighted by atomic mass is 32.2. The summed E-state index contributed by atoms with van der Waals surface area (Å²) in [5.74, 6) is 1.06. The molecule has 1 saturated heterocycles. The lowest BCUT2D eigenvalue weighted by atomic mass is 9.83. The van der Waals surface area contributed by atoms with E-state index >= 15 is 0 Å². The molecule has 1 N–H and O–H groups in total. The molecule has 1 aliphatic rings. The fourth-order valence-electron chi connectivity index (χ4n) is 3.15. The zero-order valence-corrected chi connectivity index (χ0v) is 14.2. The van der Waals surface area contributed by atoms with E-state index in [0.29, 0.717) is 17.5 Å². The molecule has 3 rings (SSSR count). The molecule has 3 atom stereocenters. The van der Waals surface area contributed by atoms with E-state index < -0.39 is 11.7 Å². The van der Waals surface area contributed by atoms with Gasteiger partial charge in [0.2, 0.25) is 0 Å². The Morgan fingerprint density at radius 3 is 2.25 bits per heavy atom. The van der Waals surface area contributed by atoms with Crippen LogP contribution in [0.2, 0.25) is 0 Å². The predicted molar refractivity (Wildman–Crippen MR) is 91.9 cm³/mol. The van der Waals surface area contributed by atoms with Crippen LogP contribution in [0.4, 0.5) is 8.78 Å². The number of ether oxygens (including phenoxy) is 1. The maximum Gasteiger partial charge on any atom is 0.123 e. The minimum Gasteiger partial charge on any atom is -0.382 e. The van der Waals surface area contributed by atoms with Gasteiger partial charge in [0.25, 0.3) is 0 Å². The van der Waals surface area contributed by atoms with E-state index in [1.54, 1.807) is 36.0 Å². The molecule has 2 aromatic carbocycles. The summed E-state index contributed by atoms with van der Waals surface area (Å²) in [6, 6.07) is 11.8. The molecule has 24 heavy (non-hydrogen) atoms. The smallest absolute Gasteiger partial charge is 0.123 e. The molecule has 0 spiro atoms. The highest BCUT2D eigenvalue weighted by molar-refractivity contribution is 7.99. The van der Waals surface area contributed by atoms with E-state index in [1.165, 1.54) is 24.3 Å². The number of hydrogen-bond donors (Lipinski definition) is 1. The molecule has 0 amide bonds. The van der Waals surface area contributed by atoms with Crippen LogP contribution < -0.4 is 0 Å². The van der Waals surface area contributed by atoms with Crippen molar-refractivity contribution in [3.8, 4) is 0 Å². The third-order valence-electron chi connectivity index (χ3n) is 4.33. The normalized spacial score (nSPS) is 26.7. The molecule has 0 aromatic heterocycles. The maximum absolute atomic E-state index is 13.2. The number of rotatable bonds is 5. The minimum absolute atomic E-state index is 0.111. The summed E-state index contributed by atoms with van der Waals surface area (Å²) in [5, 5.41) is 11.4. The van der Waals surface area contributed by atoms with Gasteiger partial charge in [-0.05, 0) is 41.1 Å². The van der Waals surface area contributed by atoms with Gasteiger partial charge >= 0.3 is 0 Å². The monoisotopic (exact) mass is 350 g/mol. The van der Waals surface area contributed by atoms with Gasteiger partial charge in [-0.3, -0.25) is 0 Å². The van der Waals surface area contributed by atoms with Crippen LogP contribution in [0.25, 0.3) is 0 Å². The highest BCUT2D eigenvalue weighted by Crippen LogP contribution is 2.48. The Kier molecular flexibility index (Phi) is 5.23. The van der Waals surface area contributed by atoms with Crippen molar-refractivity contribution in [3.05, 3.63) is 71.3 Å². The molecule has 5 heteroatoms. The van der Waals surface area contributed by atoms with E-state index in [-0.39, 0.29) is 17.7 Å². The average Bonchev–Trinajstić information content (AvgIpc) is 2.92. The number of thioether (sulfide) groups is 1. The lowest BCUT2D eigenvalue weighted by Crippen LogP contribution is -2.29. The Morgan fingerprint density at radius 1 is 1.08 bits per heavy atom. The summed E-state index contributed by atoms with van der Waals surface area (Å²) in [6.07, 6.45) is -0.292. The molecule has 0 radical (unpaired) electrons. The number of halogens is 2. The first-order valence-corrected chi connectivity index (χ1v) is 9.15. The Labute approximate surface area is 144 Å². The highest BCUT2D eigenvalue weighted by Gasteiger charge is 2.49. The first kappa shape index (κ1) is 17.4. The predicted octanol–water partition coefficient (Wildman–Crippen LogP) is 4.44. The second-order valence-corrected chi connectivity index (χ2v) is 7.30. The van der Waals surface area contributed by atoms with Gasteiger partial charge in [-0.15, -0.1) is 0 Å². The molecule has 128 valence electrons. The minimum atomic E-state index is -1.26. The number of hydrogen-bond acceptors (Lipinski definition) is 3. The summed E-state index contributed by atoms with van der Waals surface area (Å²) >= 11 is 1.75. The third kappa shape index (κ3) is 3.48. The maximum atomic E-state index is 13.2. The van der Waals surface area contributed by atoms with Gasteiger partial charge in [0.1, 0.15) is 23.3 Å². The zero-order chi connectivity index (χ0) is 17.2. The summed E-state index contributed by atoms with van der Waals surface area (Å²) in [7, 11) is 0. The van der Waals surface area contributed by atoms with Crippen LogP contribution in [0, 0.1) is 11.6 Å². The Morgan fingerprint density at radius 2 is 1.67 bits per heavy atom. The molecule has 2 nitrogen and oxygen atoms in total. The number of aliphatic hydroxyl groups is 1. The molecule has 0 unspecified atom stereocenters. The number of benzene rings is 2. The molecule has 0 saturated carbocycles. The van der Waals surface area contributed by atoms with Gasteiger partial charge < -0.3 is 9.84 Å². The standard InChI is InChI=1S/C19H20F2O2S/c1-2-24-12-17-11-19(22,14-5-9-16(21)10-6-14)18(23-17)13-3-7-15(20)8-4-13/h3-10,17-18,22H,2,11-12H2,1H3/t17-,18+,19-/m0/s1. The fourth-order valence-corrected chi connectivity index (χ4v) is 3.85. The van der Waals surface area contributed by atoms with Gasteiger partial charge in [0.05, 0.1) is 6.10 Å². The fraction of sp³-hybridized carbons (Fsp3) is 0.368. The van der Waals surface area contributed by atoms with Crippen LogP contribution in [0.1, 0.15) is 30.6 Å². The lowest BCUT2D eigenvalue weighted by molar-refractivity contribution is -0.0515. The molecule has 2 aromatic rings. The van der Waals surface area contributed by atoms with Crippen LogP contribution in [-0.2, 0) is 10.3 Å². The van der Waals surface area contributed by atoms with E-state index in [4.69, 9.17) is 4.74 Å². The quantitative estimate of drug-likeness (QED) is 0.865. The topological polar surface area (TPSA) is 29.5 Å². The lowest BCUT2D eigenvalue weighted by Gasteiger charge is -2.29. The molecule has 1 heterocycles. The largest absolute Gasteiger partial charge is 0.382 e. The summed E-state index contributed by atoms with van der Waals surface area (Å²) < 4.78 is 32.6. The van der Waals surface area contributed by atoms with Crippen LogP contribution in [0.3, 0.4) is 0 Å². The van der Waals surface area contributed by atoms with E-state index in [2.05, 4.69) is 6.92 Å². The van der Waals surface area contributed by atoms with Gasteiger partial charge in [0.15, 0.2) is 0 Å². The molecule has 0 bridgehead atoms. The van der Waals surface area contributed by atoms with Crippen molar-refractivity contribution in [1.29, 1.82) is 0 Å². The Balaban J connectivity index is 1.95. The van der Waals surface area contributed by atoms with Crippen LogP contribution in [0.15, 0.2) is 48.5 Å². The third-order valence-corrected chi connectivity index (χ3v) is 5.34. The van der Waals surface area contributed by atoms with Gasteiger partial charge in [-0.1, -0.05) is 31.2 Å². The van der Waals surface area contributed by atoms with E-state index in [9.17, 15) is 13.9 Å². The second-order valence-electron chi connectivity index (χ2n) is 5.98. The van der Waals surface area contributed by atoms with Crippen molar-refractivity contribution in [2.45, 2.75) is 31.2 Å². The molecule has 1 fully saturated rings. The zero-order valence-electron chi connectivity index (χ0n) is 13.4. The Hall–Kier alpha value is -1.43. The SMILES string of the molecule is CCSC[C@@H]1C[C@](O)(c2ccc(F)cc2)[C@@H](c2ccc(F)cc2)O1. The summed E-state index contributed by atoms with van der Waals surface area (Å²) in [6.45, 7) is 2.07. The van der Waals surface area contributed by atoms with Crippen LogP contribution >= 0.6 is 11.8 Å².